The molecule has 2 aromatic rings. The largest absolute Gasteiger partial charge is 0.465 e. The fraction of sp³-hybridized carbons (Fsp3) is 0.250. The number of aromatic nitrogens is 3. The third-order valence-corrected chi connectivity index (χ3v) is 2.45. The van der Waals surface area contributed by atoms with Gasteiger partial charge in [-0.25, -0.2) is 14.8 Å². The van der Waals surface area contributed by atoms with Crippen molar-refractivity contribution in [2.45, 2.75) is 6.42 Å². The van der Waals surface area contributed by atoms with E-state index in [1.807, 2.05) is 0 Å². The first-order valence-electron chi connectivity index (χ1n) is 5.55. The van der Waals surface area contributed by atoms with Crippen LogP contribution >= 0.6 is 0 Å². The Morgan fingerprint density at radius 2 is 2.44 bits per heavy atom. The molecule has 2 aromatic heterocycles. The lowest BCUT2D eigenvalue weighted by Gasteiger charge is -2.08. The molecule has 0 aliphatic carbocycles. The highest BCUT2D eigenvalue weighted by molar-refractivity contribution is 5.94. The maximum absolute atomic E-state index is 11.5. The maximum Gasteiger partial charge on any atom is 0.341 e. The summed E-state index contributed by atoms with van der Waals surface area (Å²) in [5.74, 6) is 0.135. The minimum absolute atomic E-state index is 0.396. The van der Waals surface area contributed by atoms with Crippen molar-refractivity contribution < 1.29 is 9.53 Å². The molecule has 0 radical (unpaired) electrons. The predicted octanol–water partition coefficient (Wildman–Crippen LogP) is 1.25. The molecule has 2 rings (SSSR count). The summed E-state index contributed by atoms with van der Waals surface area (Å²) in [6.07, 6.45) is 5.81. The normalized spacial score (nSPS) is 10.1. The second kappa shape index (κ2) is 5.81. The number of nitrogens with zero attached hydrogens (tertiary/aromatic N) is 2. The van der Waals surface area contributed by atoms with Crippen molar-refractivity contribution >= 4 is 11.8 Å². The monoisotopic (exact) mass is 246 g/mol. The standard InChI is InChI=1S/C12H14N4O2/c1-18-12(17)10-3-2-5-14-11(10)15-6-4-9-7-13-8-16-9/h2-3,5,7-8H,4,6H2,1H3,(H,13,16)(H,14,15). The molecule has 2 N–H and O–H groups in total. The maximum atomic E-state index is 11.5. The molecule has 0 aromatic carbocycles. The van der Waals surface area contributed by atoms with Crippen LogP contribution in [0.2, 0.25) is 0 Å². The van der Waals surface area contributed by atoms with Crippen LogP contribution in [-0.4, -0.2) is 34.6 Å². The van der Waals surface area contributed by atoms with E-state index in [-0.39, 0.29) is 0 Å². The Kier molecular flexibility index (Phi) is 3.90. The molecule has 6 nitrogen and oxygen atoms in total. The van der Waals surface area contributed by atoms with Crippen molar-refractivity contribution in [3.8, 4) is 0 Å². The SMILES string of the molecule is COC(=O)c1cccnc1NCCc1cnc[nH]1. The highest BCUT2D eigenvalue weighted by atomic mass is 16.5. The number of ether oxygens (including phenoxy) is 1. The second-order valence-corrected chi connectivity index (χ2v) is 3.64. The molecule has 0 amide bonds. The van der Waals surface area contributed by atoms with Gasteiger partial charge in [0, 0.05) is 31.1 Å². The Balaban J connectivity index is 1.98. The number of carbonyl (C=O) groups excluding carboxylic acids is 1. The van der Waals surface area contributed by atoms with Crippen molar-refractivity contribution in [1.29, 1.82) is 0 Å². The molecule has 0 aliphatic heterocycles. The van der Waals surface area contributed by atoms with Gasteiger partial charge in [-0.1, -0.05) is 0 Å². The number of imidazole rings is 1. The van der Waals surface area contributed by atoms with Crippen LogP contribution < -0.4 is 5.32 Å². The molecular weight excluding hydrogens is 232 g/mol. The van der Waals surface area contributed by atoms with Crippen LogP contribution in [0.5, 0.6) is 0 Å². The first kappa shape index (κ1) is 12.1. The van der Waals surface area contributed by atoms with Crippen LogP contribution in [0, 0.1) is 0 Å². The number of esters is 1. The molecule has 0 bridgehead atoms. The fourth-order valence-corrected chi connectivity index (χ4v) is 1.56. The van der Waals surface area contributed by atoms with Gasteiger partial charge in [0.25, 0.3) is 0 Å². The van der Waals surface area contributed by atoms with E-state index in [9.17, 15) is 4.79 Å². The summed E-state index contributed by atoms with van der Waals surface area (Å²) in [6.45, 7) is 0.656. The number of carbonyl (C=O) groups is 1. The molecule has 0 atom stereocenters. The summed E-state index contributed by atoms with van der Waals surface area (Å²) in [7, 11) is 1.35. The van der Waals surface area contributed by atoms with Gasteiger partial charge in [-0.3, -0.25) is 0 Å². The number of hydrogen-bond donors (Lipinski definition) is 2. The Bertz CT molecular complexity index is 511. The second-order valence-electron chi connectivity index (χ2n) is 3.64. The zero-order chi connectivity index (χ0) is 12.8. The number of aromatic amines is 1. The van der Waals surface area contributed by atoms with Crippen molar-refractivity contribution in [1.82, 2.24) is 15.0 Å². The Morgan fingerprint density at radius 1 is 1.56 bits per heavy atom. The van der Waals surface area contributed by atoms with Crippen LogP contribution in [0.15, 0.2) is 30.9 Å². The van der Waals surface area contributed by atoms with Gasteiger partial charge in [-0.2, -0.15) is 0 Å². The predicted molar refractivity (Wildman–Crippen MR) is 66.4 cm³/mol. The summed E-state index contributed by atoms with van der Waals surface area (Å²) < 4.78 is 4.69. The summed E-state index contributed by atoms with van der Waals surface area (Å²) in [5, 5.41) is 3.11. The van der Waals surface area contributed by atoms with E-state index in [1.54, 1.807) is 30.9 Å². The van der Waals surface area contributed by atoms with Gasteiger partial charge in [0.05, 0.1) is 13.4 Å². The molecule has 0 spiro atoms. The summed E-state index contributed by atoms with van der Waals surface area (Å²) in [6, 6.07) is 3.38. The zero-order valence-corrected chi connectivity index (χ0v) is 10.0. The van der Waals surface area contributed by atoms with E-state index in [1.165, 1.54) is 7.11 Å². The number of hydrogen-bond acceptors (Lipinski definition) is 5. The molecule has 18 heavy (non-hydrogen) atoms. The molecule has 94 valence electrons. The number of rotatable bonds is 5. The van der Waals surface area contributed by atoms with Crippen molar-refractivity contribution in [2.24, 2.45) is 0 Å². The van der Waals surface area contributed by atoms with Crippen LogP contribution in [-0.2, 0) is 11.2 Å². The molecule has 0 saturated heterocycles. The number of methoxy groups -OCH3 is 1. The highest BCUT2D eigenvalue weighted by Crippen LogP contribution is 2.12. The number of nitrogens with one attached hydrogen (secondary N) is 2. The lowest BCUT2D eigenvalue weighted by Crippen LogP contribution is -2.12. The fourth-order valence-electron chi connectivity index (χ4n) is 1.56. The molecule has 0 fully saturated rings. The summed E-state index contributed by atoms with van der Waals surface area (Å²) in [4.78, 5) is 22.6. The van der Waals surface area contributed by atoms with E-state index < -0.39 is 5.97 Å². The van der Waals surface area contributed by atoms with Crippen LogP contribution in [0.25, 0.3) is 0 Å². The molecule has 6 heteroatoms. The van der Waals surface area contributed by atoms with Crippen molar-refractivity contribution in [2.75, 3.05) is 19.0 Å². The third kappa shape index (κ3) is 2.85. The first-order chi connectivity index (χ1) is 8.81. The quantitative estimate of drug-likeness (QED) is 0.776. The average Bonchev–Trinajstić information content (AvgIpc) is 2.92. The zero-order valence-electron chi connectivity index (χ0n) is 10.0. The molecule has 0 unspecified atom stereocenters. The van der Waals surface area contributed by atoms with Gasteiger partial charge >= 0.3 is 5.97 Å². The van der Waals surface area contributed by atoms with E-state index in [0.29, 0.717) is 17.9 Å². The van der Waals surface area contributed by atoms with Crippen molar-refractivity contribution in [3.05, 3.63) is 42.1 Å². The van der Waals surface area contributed by atoms with Gasteiger partial charge in [0.1, 0.15) is 11.4 Å². The van der Waals surface area contributed by atoms with Gasteiger partial charge in [-0.05, 0) is 12.1 Å². The van der Waals surface area contributed by atoms with E-state index in [2.05, 4.69) is 20.3 Å². The number of anilines is 1. The van der Waals surface area contributed by atoms with Crippen LogP contribution in [0.1, 0.15) is 16.1 Å². The lowest BCUT2D eigenvalue weighted by atomic mass is 10.2. The first-order valence-corrected chi connectivity index (χ1v) is 5.55. The summed E-state index contributed by atoms with van der Waals surface area (Å²) in [5.41, 5.74) is 1.46. The van der Waals surface area contributed by atoms with Gasteiger partial charge in [-0.15, -0.1) is 0 Å². The van der Waals surface area contributed by atoms with Gasteiger partial charge in [0.15, 0.2) is 0 Å². The van der Waals surface area contributed by atoms with Crippen LogP contribution in [0.4, 0.5) is 5.82 Å². The Morgan fingerprint density at radius 3 is 3.17 bits per heavy atom. The van der Waals surface area contributed by atoms with E-state index >= 15 is 0 Å². The molecule has 2 heterocycles. The van der Waals surface area contributed by atoms with E-state index in [0.717, 1.165) is 12.1 Å². The smallest absolute Gasteiger partial charge is 0.341 e. The summed E-state index contributed by atoms with van der Waals surface area (Å²) >= 11 is 0. The Labute approximate surface area is 104 Å². The van der Waals surface area contributed by atoms with E-state index in [4.69, 9.17) is 4.74 Å². The molecule has 0 saturated carbocycles. The van der Waals surface area contributed by atoms with Gasteiger partial charge < -0.3 is 15.0 Å². The topological polar surface area (TPSA) is 79.9 Å². The number of H-pyrrole nitrogens is 1. The average molecular weight is 246 g/mol. The van der Waals surface area contributed by atoms with Crippen molar-refractivity contribution in [3.63, 3.8) is 0 Å². The molecular formula is C12H14N4O2. The molecule has 0 aliphatic rings. The Hall–Kier alpha value is -2.37. The van der Waals surface area contributed by atoms with Crippen LogP contribution in [0.3, 0.4) is 0 Å². The lowest BCUT2D eigenvalue weighted by molar-refractivity contribution is 0.0601. The minimum atomic E-state index is -0.396. The van der Waals surface area contributed by atoms with Gasteiger partial charge in [0.2, 0.25) is 0 Å². The number of pyridine rings is 1. The minimum Gasteiger partial charge on any atom is -0.465 e. The third-order valence-electron chi connectivity index (χ3n) is 2.45. The highest BCUT2D eigenvalue weighted by Gasteiger charge is 2.11.